The van der Waals surface area contributed by atoms with E-state index in [1.54, 1.807) is 0 Å². The van der Waals surface area contributed by atoms with Crippen LogP contribution in [-0.2, 0) is 6.42 Å². The molecule has 1 aromatic carbocycles. The van der Waals surface area contributed by atoms with E-state index < -0.39 is 0 Å². The van der Waals surface area contributed by atoms with Crippen LogP contribution in [0.15, 0.2) is 30.3 Å². The molecular weight excluding hydrogens is 170 g/mol. The van der Waals surface area contributed by atoms with Crippen molar-refractivity contribution in [1.82, 2.24) is 0 Å². The number of hydrogen-bond donors (Lipinski definition) is 1. The zero-order valence-electron chi connectivity index (χ0n) is 8.65. The van der Waals surface area contributed by atoms with E-state index in [1.807, 2.05) is 0 Å². The van der Waals surface area contributed by atoms with Crippen molar-refractivity contribution < 1.29 is 0 Å². The molecule has 1 heteroatoms. The first-order chi connectivity index (χ1) is 6.86. The predicted octanol–water partition coefficient (Wildman–Crippen LogP) is 2.75. The number of rotatable bonds is 3. The molecule has 2 rings (SSSR count). The van der Waals surface area contributed by atoms with Gasteiger partial charge in [-0.1, -0.05) is 36.8 Å². The SMILES string of the molecule is N[C@@H]1CCC[C@H]1CCc1ccccc1. The minimum Gasteiger partial charge on any atom is -0.327 e. The molecule has 0 amide bonds. The normalized spacial score (nSPS) is 26.6. The Bertz CT molecular complexity index is 268. The third-order valence-electron chi connectivity index (χ3n) is 3.36. The largest absolute Gasteiger partial charge is 0.327 e. The Morgan fingerprint density at radius 2 is 1.93 bits per heavy atom. The smallest absolute Gasteiger partial charge is 0.00672 e. The van der Waals surface area contributed by atoms with Crippen LogP contribution >= 0.6 is 0 Å². The lowest BCUT2D eigenvalue weighted by Crippen LogP contribution is -2.24. The topological polar surface area (TPSA) is 26.0 Å². The maximum atomic E-state index is 6.04. The van der Waals surface area contributed by atoms with E-state index in [9.17, 15) is 0 Å². The molecule has 0 aromatic heterocycles. The molecule has 0 radical (unpaired) electrons. The fourth-order valence-electron chi connectivity index (χ4n) is 2.42. The Hall–Kier alpha value is -0.820. The Labute approximate surface area is 86.3 Å². The number of benzene rings is 1. The van der Waals surface area contributed by atoms with Gasteiger partial charge < -0.3 is 5.73 Å². The van der Waals surface area contributed by atoms with Crippen LogP contribution in [0, 0.1) is 5.92 Å². The summed E-state index contributed by atoms with van der Waals surface area (Å²) in [6.45, 7) is 0. The quantitative estimate of drug-likeness (QED) is 0.777. The van der Waals surface area contributed by atoms with Crippen LogP contribution in [0.4, 0.5) is 0 Å². The van der Waals surface area contributed by atoms with Crippen LogP contribution in [0.2, 0.25) is 0 Å². The van der Waals surface area contributed by atoms with E-state index in [1.165, 1.54) is 37.7 Å². The minimum absolute atomic E-state index is 0.471. The van der Waals surface area contributed by atoms with Crippen LogP contribution in [0.5, 0.6) is 0 Å². The highest BCUT2D eigenvalue weighted by molar-refractivity contribution is 5.14. The summed E-state index contributed by atoms with van der Waals surface area (Å²) in [5.41, 5.74) is 7.49. The first kappa shape index (κ1) is 9.72. The zero-order chi connectivity index (χ0) is 9.80. The van der Waals surface area contributed by atoms with E-state index >= 15 is 0 Å². The van der Waals surface area contributed by atoms with Gasteiger partial charge in [-0.3, -0.25) is 0 Å². The van der Waals surface area contributed by atoms with Crippen molar-refractivity contribution in [3.05, 3.63) is 35.9 Å². The summed E-state index contributed by atoms with van der Waals surface area (Å²) < 4.78 is 0. The summed E-state index contributed by atoms with van der Waals surface area (Å²) in [5, 5.41) is 0. The van der Waals surface area contributed by atoms with E-state index in [-0.39, 0.29) is 0 Å². The standard InChI is InChI=1S/C13H19N/c14-13-8-4-7-12(13)10-9-11-5-2-1-3-6-11/h1-3,5-6,12-13H,4,7-10,14H2/t12-,13+/m0/s1. The first-order valence-electron chi connectivity index (χ1n) is 5.66. The maximum absolute atomic E-state index is 6.04. The van der Waals surface area contributed by atoms with Gasteiger partial charge in [0.2, 0.25) is 0 Å². The lowest BCUT2D eigenvalue weighted by Gasteiger charge is -2.14. The predicted molar refractivity (Wildman–Crippen MR) is 60.1 cm³/mol. The summed E-state index contributed by atoms with van der Waals surface area (Å²) in [6, 6.07) is 11.2. The molecule has 0 saturated heterocycles. The molecule has 2 atom stereocenters. The van der Waals surface area contributed by atoms with Crippen molar-refractivity contribution in [2.24, 2.45) is 11.7 Å². The minimum atomic E-state index is 0.471. The Morgan fingerprint density at radius 1 is 1.14 bits per heavy atom. The molecule has 0 bridgehead atoms. The van der Waals surface area contributed by atoms with Crippen LogP contribution in [0.1, 0.15) is 31.2 Å². The van der Waals surface area contributed by atoms with Crippen molar-refractivity contribution in [3.63, 3.8) is 0 Å². The molecule has 0 spiro atoms. The first-order valence-corrected chi connectivity index (χ1v) is 5.66. The highest BCUT2D eigenvalue weighted by atomic mass is 14.7. The second kappa shape index (κ2) is 4.61. The van der Waals surface area contributed by atoms with Gasteiger partial charge >= 0.3 is 0 Å². The molecule has 0 heterocycles. The Kier molecular flexibility index (Phi) is 3.20. The fraction of sp³-hybridized carbons (Fsp3) is 0.538. The van der Waals surface area contributed by atoms with Crippen molar-refractivity contribution >= 4 is 0 Å². The van der Waals surface area contributed by atoms with Gasteiger partial charge in [-0.2, -0.15) is 0 Å². The molecular formula is C13H19N. The average molecular weight is 189 g/mol. The lowest BCUT2D eigenvalue weighted by molar-refractivity contribution is 0.447. The number of hydrogen-bond acceptors (Lipinski definition) is 1. The molecule has 1 aliphatic rings. The second-order valence-corrected chi connectivity index (χ2v) is 4.38. The summed E-state index contributed by atoms with van der Waals surface area (Å²) >= 11 is 0. The summed E-state index contributed by atoms with van der Waals surface area (Å²) in [7, 11) is 0. The zero-order valence-corrected chi connectivity index (χ0v) is 8.65. The van der Waals surface area contributed by atoms with Gasteiger partial charge in [-0.05, 0) is 37.2 Å². The monoisotopic (exact) mass is 189 g/mol. The lowest BCUT2D eigenvalue weighted by atomic mass is 9.95. The number of nitrogens with two attached hydrogens (primary N) is 1. The Balaban J connectivity index is 1.82. The molecule has 76 valence electrons. The van der Waals surface area contributed by atoms with Crippen molar-refractivity contribution in [1.29, 1.82) is 0 Å². The van der Waals surface area contributed by atoms with E-state index in [0.29, 0.717) is 6.04 Å². The molecule has 1 nitrogen and oxygen atoms in total. The fourth-order valence-corrected chi connectivity index (χ4v) is 2.42. The van der Waals surface area contributed by atoms with Gasteiger partial charge in [0.15, 0.2) is 0 Å². The van der Waals surface area contributed by atoms with Crippen LogP contribution < -0.4 is 5.73 Å². The summed E-state index contributed by atoms with van der Waals surface area (Å²) in [5.74, 6) is 0.773. The number of aryl methyl sites for hydroxylation is 1. The molecule has 0 aliphatic heterocycles. The van der Waals surface area contributed by atoms with E-state index in [4.69, 9.17) is 5.73 Å². The van der Waals surface area contributed by atoms with E-state index in [2.05, 4.69) is 30.3 Å². The van der Waals surface area contributed by atoms with Gasteiger partial charge in [-0.15, -0.1) is 0 Å². The van der Waals surface area contributed by atoms with Gasteiger partial charge in [-0.25, -0.2) is 0 Å². The molecule has 1 fully saturated rings. The summed E-state index contributed by atoms with van der Waals surface area (Å²) in [4.78, 5) is 0. The maximum Gasteiger partial charge on any atom is 0.00672 e. The van der Waals surface area contributed by atoms with Crippen LogP contribution in [-0.4, -0.2) is 6.04 Å². The third kappa shape index (κ3) is 2.36. The highest BCUT2D eigenvalue weighted by Crippen LogP contribution is 2.27. The molecule has 0 unspecified atom stereocenters. The van der Waals surface area contributed by atoms with Gasteiger partial charge in [0.25, 0.3) is 0 Å². The van der Waals surface area contributed by atoms with Crippen LogP contribution in [0.25, 0.3) is 0 Å². The van der Waals surface area contributed by atoms with Gasteiger partial charge in [0, 0.05) is 6.04 Å². The average Bonchev–Trinajstić information content (AvgIpc) is 2.63. The highest BCUT2D eigenvalue weighted by Gasteiger charge is 2.22. The molecule has 1 saturated carbocycles. The van der Waals surface area contributed by atoms with Gasteiger partial charge in [0.05, 0.1) is 0 Å². The van der Waals surface area contributed by atoms with Gasteiger partial charge in [0.1, 0.15) is 0 Å². The molecule has 1 aliphatic carbocycles. The van der Waals surface area contributed by atoms with Crippen molar-refractivity contribution in [3.8, 4) is 0 Å². The molecule has 14 heavy (non-hydrogen) atoms. The molecule has 1 aromatic rings. The Morgan fingerprint density at radius 3 is 2.57 bits per heavy atom. The van der Waals surface area contributed by atoms with Crippen molar-refractivity contribution in [2.75, 3.05) is 0 Å². The van der Waals surface area contributed by atoms with Crippen molar-refractivity contribution in [2.45, 2.75) is 38.1 Å². The van der Waals surface area contributed by atoms with E-state index in [0.717, 1.165) is 5.92 Å². The summed E-state index contributed by atoms with van der Waals surface area (Å²) in [6.07, 6.45) is 6.37. The van der Waals surface area contributed by atoms with Crippen LogP contribution in [0.3, 0.4) is 0 Å². The third-order valence-corrected chi connectivity index (χ3v) is 3.36. The second-order valence-electron chi connectivity index (χ2n) is 4.38. The molecule has 2 N–H and O–H groups in total.